The van der Waals surface area contributed by atoms with Crippen molar-refractivity contribution in [1.29, 1.82) is 0 Å². The topological polar surface area (TPSA) is 88.0 Å². The number of hydrogen-bond donors (Lipinski definition) is 3. The van der Waals surface area contributed by atoms with E-state index in [-0.39, 0.29) is 10.9 Å². The van der Waals surface area contributed by atoms with E-state index < -0.39 is 10.0 Å². The molecule has 1 aliphatic rings. The molecule has 2 rings (SSSR count). The van der Waals surface area contributed by atoms with Crippen LogP contribution in [0.15, 0.2) is 17.2 Å². The highest BCUT2D eigenvalue weighted by molar-refractivity contribution is 7.89. The average molecular weight is 229 g/mol. The first-order valence-electron chi connectivity index (χ1n) is 4.92. The molecular formula is C9H15N3O2S. The Bertz CT molecular complexity index is 452. The minimum Gasteiger partial charge on any atom is -0.363 e. The molecule has 0 aliphatic heterocycles. The summed E-state index contributed by atoms with van der Waals surface area (Å²) in [6.07, 6.45) is 2.39. The molecule has 2 atom stereocenters. The van der Waals surface area contributed by atoms with Crippen LogP contribution in [-0.2, 0) is 16.6 Å². The largest absolute Gasteiger partial charge is 0.363 e. The first kappa shape index (κ1) is 10.7. The fourth-order valence-corrected chi connectivity index (χ4v) is 2.82. The van der Waals surface area contributed by atoms with Gasteiger partial charge in [-0.2, -0.15) is 0 Å². The smallest absolute Gasteiger partial charge is 0.242 e. The van der Waals surface area contributed by atoms with Gasteiger partial charge in [0.05, 0.1) is 4.90 Å². The summed E-state index contributed by atoms with van der Waals surface area (Å²) < 4.78 is 26.2. The van der Waals surface area contributed by atoms with Gasteiger partial charge in [0.1, 0.15) is 0 Å². The maximum Gasteiger partial charge on any atom is 0.242 e. The lowest BCUT2D eigenvalue weighted by molar-refractivity contribution is 0.578. The van der Waals surface area contributed by atoms with E-state index in [4.69, 9.17) is 5.73 Å². The first-order chi connectivity index (χ1) is 7.03. The van der Waals surface area contributed by atoms with E-state index in [1.165, 1.54) is 6.20 Å². The maximum absolute atomic E-state index is 11.8. The number of hydrogen-bond acceptors (Lipinski definition) is 3. The quantitative estimate of drug-likeness (QED) is 0.687. The van der Waals surface area contributed by atoms with E-state index >= 15 is 0 Å². The average Bonchev–Trinajstić information content (AvgIpc) is 2.72. The number of nitrogens with two attached hydrogens (primary N) is 1. The Morgan fingerprint density at radius 3 is 2.80 bits per heavy atom. The van der Waals surface area contributed by atoms with Crippen molar-refractivity contribution in [1.82, 2.24) is 9.71 Å². The van der Waals surface area contributed by atoms with Gasteiger partial charge in [0, 0.05) is 24.5 Å². The highest BCUT2D eigenvalue weighted by Gasteiger charge is 2.36. The van der Waals surface area contributed by atoms with Crippen molar-refractivity contribution in [3.05, 3.63) is 18.0 Å². The summed E-state index contributed by atoms with van der Waals surface area (Å²) in [6, 6.07) is 1.67. The molecule has 6 heteroatoms. The third-order valence-corrected chi connectivity index (χ3v) is 4.13. The minimum atomic E-state index is -3.36. The molecular weight excluding hydrogens is 214 g/mol. The van der Waals surface area contributed by atoms with Crippen LogP contribution in [0.5, 0.6) is 0 Å². The van der Waals surface area contributed by atoms with Gasteiger partial charge in [-0.3, -0.25) is 0 Å². The molecule has 0 spiro atoms. The minimum absolute atomic E-state index is 0.103. The Morgan fingerprint density at radius 1 is 1.67 bits per heavy atom. The van der Waals surface area contributed by atoms with E-state index in [1.807, 2.05) is 6.92 Å². The van der Waals surface area contributed by atoms with E-state index in [0.717, 1.165) is 12.1 Å². The molecule has 5 nitrogen and oxygen atoms in total. The third kappa shape index (κ3) is 2.22. The highest BCUT2D eigenvalue weighted by Crippen LogP contribution is 2.30. The second-order valence-electron chi connectivity index (χ2n) is 4.01. The van der Waals surface area contributed by atoms with E-state index in [2.05, 4.69) is 9.71 Å². The monoisotopic (exact) mass is 229 g/mol. The van der Waals surface area contributed by atoms with Crippen LogP contribution in [0, 0.1) is 5.92 Å². The highest BCUT2D eigenvalue weighted by atomic mass is 32.2. The zero-order valence-electron chi connectivity index (χ0n) is 8.53. The third-order valence-electron chi connectivity index (χ3n) is 2.66. The summed E-state index contributed by atoms with van der Waals surface area (Å²) in [6.45, 7) is 2.34. The SMILES string of the molecule is CC1CC1NS(=O)(=O)c1c[nH]c(CN)c1. The number of rotatable bonds is 4. The number of aromatic amines is 1. The van der Waals surface area contributed by atoms with Gasteiger partial charge in [-0.1, -0.05) is 6.92 Å². The zero-order chi connectivity index (χ0) is 11.1. The van der Waals surface area contributed by atoms with Crippen LogP contribution < -0.4 is 10.5 Å². The van der Waals surface area contributed by atoms with Gasteiger partial charge in [-0.25, -0.2) is 13.1 Å². The molecule has 0 saturated heterocycles. The second kappa shape index (κ2) is 3.62. The molecule has 15 heavy (non-hydrogen) atoms. The van der Waals surface area contributed by atoms with Crippen LogP contribution in [0.2, 0.25) is 0 Å². The summed E-state index contributed by atoms with van der Waals surface area (Å²) in [4.78, 5) is 3.09. The van der Waals surface area contributed by atoms with Crippen molar-refractivity contribution in [3.8, 4) is 0 Å². The lowest BCUT2D eigenvalue weighted by Gasteiger charge is -2.02. The van der Waals surface area contributed by atoms with Crippen LogP contribution in [0.3, 0.4) is 0 Å². The van der Waals surface area contributed by atoms with Crippen molar-refractivity contribution in [2.75, 3.05) is 0 Å². The molecule has 1 saturated carbocycles. The Labute approximate surface area is 89.1 Å². The van der Waals surface area contributed by atoms with E-state index in [0.29, 0.717) is 12.5 Å². The zero-order valence-corrected chi connectivity index (χ0v) is 9.34. The van der Waals surface area contributed by atoms with Gasteiger partial charge >= 0.3 is 0 Å². The molecule has 4 N–H and O–H groups in total. The summed E-state index contributed by atoms with van der Waals surface area (Å²) >= 11 is 0. The number of sulfonamides is 1. The van der Waals surface area contributed by atoms with Crippen LogP contribution in [-0.4, -0.2) is 19.4 Å². The van der Waals surface area contributed by atoms with Gasteiger partial charge in [-0.05, 0) is 18.4 Å². The van der Waals surface area contributed by atoms with Gasteiger partial charge in [0.25, 0.3) is 0 Å². The summed E-state index contributed by atoms with van der Waals surface area (Å²) in [5.41, 5.74) is 6.12. The predicted molar refractivity (Wildman–Crippen MR) is 56.6 cm³/mol. The lowest BCUT2D eigenvalue weighted by Crippen LogP contribution is -2.26. The van der Waals surface area contributed by atoms with Crippen molar-refractivity contribution in [2.45, 2.75) is 30.8 Å². The van der Waals surface area contributed by atoms with E-state index in [9.17, 15) is 8.42 Å². The number of nitrogens with one attached hydrogen (secondary N) is 2. The van der Waals surface area contributed by atoms with Crippen molar-refractivity contribution in [3.63, 3.8) is 0 Å². The molecule has 0 bridgehead atoms. The van der Waals surface area contributed by atoms with E-state index in [1.54, 1.807) is 6.07 Å². The second-order valence-corrected chi connectivity index (χ2v) is 5.72. The molecule has 0 aromatic carbocycles. The molecule has 1 heterocycles. The van der Waals surface area contributed by atoms with Crippen molar-refractivity contribution in [2.24, 2.45) is 11.7 Å². The summed E-state index contributed by atoms with van der Waals surface area (Å²) in [7, 11) is -3.36. The summed E-state index contributed by atoms with van der Waals surface area (Å²) in [5, 5.41) is 0. The van der Waals surface area contributed by atoms with Crippen molar-refractivity contribution < 1.29 is 8.42 Å². The molecule has 0 radical (unpaired) electrons. The van der Waals surface area contributed by atoms with Gasteiger partial charge < -0.3 is 10.7 Å². The van der Waals surface area contributed by atoms with Crippen LogP contribution in [0.1, 0.15) is 19.0 Å². The molecule has 1 aromatic heterocycles. The fourth-order valence-electron chi connectivity index (χ4n) is 1.45. The van der Waals surface area contributed by atoms with Gasteiger partial charge in [-0.15, -0.1) is 0 Å². The fraction of sp³-hybridized carbons (Fsp3) is 0.556. The van der Waals surface area contributed by atoms with Crippen LogP contribution >= 0.6 is 0 Å². The molecule has 1 aromatic rings. The van der Waals surface area contributed by atoms with Gasteiger partial charge in [0.2, 0.25) is 10.0 Å². The Kier molecular flexibility index (Phi) is 2.57. The molecule has 2 unspecified atom stereocenters. The predicted octanol–water partition coefficient (Wildman–Crippen LogP) is 0.160. The number of aromatic nitrogens is 1. The number of H-pyrrole nitrogens is 1. The van der Waals surface area contributed by atoms with Crippen LogP contribution in [0.25, 0.3) is 0 Å². The van der Waals surface area contributed by atoms with Crippen LogP contribution in [0.4, 0.5) is 0 Å². The molecule has 0 amide bonds. The normalized spacial score (nSPS) is 25.5. The molecule has 84 valence electrons. The lowest BCUT2D eigenvalue weighted by atomic mass is 10.4. The van der Waals surface area contributed by atoms with Crippen molar-refractivity contribution >= 4 is 10.0 Å². The summed E-state index contributed by atoms with van der Waals surface area (Å²) in [5.74, 6) is 0.452. The van der Waals surface area contributed by atoms with Gasteiger partial charge in [0.15, 0.2) is 0 Å². The Morgan fingerprint density at radius 2 is 2.33 bits per heavy atom. The molecule has 1 aliphatic carbocycles. The molecule has 1 fully saturated rings. The maximum atomic E-state index is 11.8. The Balaban J connectivity index is 2.14. The Hall–Kier alpha value is -0.850. The first-order valence-corrected chi connectivity index (χ1v) is 6.41. The standard InChI is InChI=1S/C9H15N3O2S/c1-6-2-9(6)12-15(13,14)8-3-7(4-10)11-5-8/h3,5-6,9,11-12H,2,4,10H2,1H3.